The van der Waals surface area contributed by atoms with E-state index in [0.717, 1.165) is 24.3 Å². The molecule has 102 valence electrons. The molecule has 1 fully saturated rings. The molecule has 1 aliphatic heterocycles. The van der Waals surface area contributed by atoms with E-state index in [9.17, 15) is 14.9 Å². The number of benzene rings is 1. The molecule has 7 heteroatoms. The first-order valence-electron chi connectivity index (χ1n) is 5.90. The summed E-state index contributed by atoms with van der Waals surface area (Å²) < 4.78 is 0. The zero-order valence-electron chi connectivity index (χ0n) is 10.1. The lowest BCUT2D eigenvalue weighted by atomic mass is 10.1. The van der Waals surface area contributed by atoms with Gasteiger partial charge < -0.3 is 5.32 Å². The monoisotopic (exact) mass is 300 g/mol. The maximum Gasteiger partial charge on any atom is 0.287 e. The second-order valence-corrected chi connectivity index (χ2v) is 5.87. The van der Waals surface area contributed by atoms with Gasteiger partial charge in [0.05, 0.1) is 4.92 Å². The number of rotatable bonds is 3. The minimum atomic E-state index is -0.568. The van der Waals surface area contributed by atoms with Gasteiger partial charge in [0.2, 0.25) is 0 Å². The Bertz CT molecular complexity index is 504. The van der Waals surface area contributed by atoms with E-state index >= 15 is 0 Å². The first-order chi connectivity index (χ1) is 9.08. The lowest BCUT2D eigenvalue weighted by Gasteiger charge is -2.22. The number of carbonyl (C=O) groups excluding carboxylic acids is 1. The molecule has 1 aromatic carbocycles. The van der Waals surface area contributed by atoms with E-state index in [2.05, 4.69) is 5.32 Å². The molecule has 0 spiro atoms. The van der Waals surface area contributed by atoms with Crippen LogP contribution in [0.3, 0.4) is 0 Å². The summed E-state index contributed by atoms with van der Waals surface area (Å²) in [7, 11) is 0. The maximum absolute atomic E-state index is 12.0. The molecule has 0 bridgehead atoms. The second-order valence-electron chi connectivity index (χ2n) is 4.31. The summed E-state index contributed by atoms with van der Waals surface area (Å²) in [5.74, 6) is 1.81. The van der Waals surface area contributed by atoms with Gasteiger partial charge in [-0.1, -0.05) is 11.6 Å². The smallest absolute Gasteiger partial charge is 0.287 e. The molecular formula is C12H13ClN2O3S. The molecule has 2 rings (SSSR count). The molecule has 0 saturated carbocycles. The minimum absolute atomic E-state index is 0.0179. The van der Waals surface area contributed by atoms with Crippen molar-refractivity contribution in [1.29, 1.82) is 0 Å². The molecule has 1 aliphatic rings. The lowest BCUT2D eigenvalue weighted by Crippen LogP contribution is -2.38. The van der Waals surface area contributed by atoms with E-state index in [1.165, 1.54) is 18.2 Å². The molecule has 5 nitrogen and oxygen atoms in total. The van der Waals surface area contributed by atoms with Crippen molar-refractivity contribution in [2.75, 3.05) is 11.5 Å². The molecule has 1 amide bonds. The van der Waals surface area contributed by atoms with E-state index in [1.807, 2.05) is 11.8 Å². The number of thioether (sulfide) groups is 1. The number of nitrogens with zero attached hydrogens (tertiary/aromatic N) is 1. The van der Waals surface area contributed by atoms with E-state index in [4.69, 9.17) is 11.6 Å². The Morgan fingerprint density at radius 3 is 2.89 bits per heavy atom. The molecule has 1 N–H and O–H groups in total. The standard InChI is InChI=1S/C12H13ClN2O3S/c13-10-6-8(3-4-11(10)15(17)18)12(16)14-9-2-1-5-19-7-9/h3-4,6,9H,1-2,5,7H2,(H,14,16). The minimum Gasteiger partial charge on any atom is -0.348 e. The van der Waals surface area contributed by atoms with Crippen LogP contribution in [-0.4, -0.2) is 28.4 Å². The average molecular weight is 301 g/mol. The summed E-state index contributed by atoms with van der Waals surface area (Å²) in [6.45, 7) is 0. The van der Waals surface area contributed by atoms with E-state index in [1.54, 1.807) is 0 Å². The first-order valence-corrected chi connectivity index (χ1v) is 7.44. The van der Waals surface area contributed by atoms with Crippen molar-refractivity contribution in [3.8, 4) is 0 Å². The number of nitro benzene ring substituents is 1. The van der Waals surface area contributed by atoms with E-state index < -0.39 is 4.92 Å². The number of hydrogen-bond acceptors (Lipinski definition) is 4. The quantitative estimate of drug-likeness (QED) is 0.688. The Labute approximate surface area is 119 Å². The number of hydrogen-bond donors (Lipinski definition) is 1. The molecule has 1 aromatic rings. The predicted molar refractivity (Wildman–Crippen MR) is 75.9 cm³/mol. The Balaban J connectivity index is 2.06. The number of nitrogens with one attached hydrogen (secondary N) is 1. The van der Waals surface area contributed by atoms with Gasteiger partial charge in [0.25, 0.3) is 11.6 Å². The number of nitro groups is 1. The predicted octanol–water partition coefficient (Wildman–Crippen LogP) is 2.87. The van der Waals surface area contributed by atoms with Gasteiger partial charge in [0, 0.05) is 23.4 Å². The van der Waals surface area contributed by atoms with Gasteiger partial charge in [0.15, 0.2) is 0 Å². The van der Waals surface area contributed by atoms with Crippen molar-refractivity contribution in [3.63, 3.8) is 0 Å². The summed E-state index contributed by atoms with van der Waals surface area (Å²) in [6, 6.07) is 4.19. The Hall–Kier alpha value is -1.27. The largest absolute Gasteiger partial charge is 0.348 e. The van der Waals surface area contributed by atoms with Crippen molar-refractivity contribution in [1.82, 2.24) is 5.32 Å². The third-order valence-corrected chi connectivity index (χ3v) is 4.42. The Morgan fingerprint density at radius 2 is 2.32 bits per heavy atom. The average Bonchev–Trinajstić information content (AvgIpc) is 2.39. The van der Waals surface area contributed by atoms with Gasteiger partial charge in [-0.15, -0.1) is 0 Å². The number of halogens is 1. The number of carbonyl (C=O) groups is 1. The van der Waals surface area contributed by atoms with Gasteiger partial charge in [-0.25, -0.2) is 0 Å². The van der Waals surface area contributed by atoms with E-state index in [0.29, 0.717) is 5.56 Å². The highest BCUT2D eigenvalue weighted by molar-refractivity contribution is 7.99. The summed E-state index contributed by atoms with van der Waals surface area (Å²) in [6.07, 6.45) is 2.07. The van der Waals surface area contributed by atoms with Crippen LogP contribution in [0.5, 0.6) is 0 Å². The van der Waals surface area contributed by atoms with Crippen LogP contribution in [0.15, 0.2) is 18.2 Å². The fourth-order valence-corrected chi connectivity index (χ4v) is 3.24. The highest BCUT2D eigenvalue weighted by Crippen LogP contribution is 2.25. The molecular weight excluding hydrogens is 288 g/mol. The zero-order valence-corrected chi connectivity index (χ0v) is 11.7. The van der Waals surface area contributed by atoms with Crippen molar-refractivity contribution < 1.29 is 9.72 Å². The van der Waals surface area contributed by atoms with Crippen LogP contribution in [0.2, 0.25) is 5.02 Å². The van der Waals surface area contributed by atoms with Crippen LogP contribution in [0, 0.1) is 10.1 Å². The van der Waals surface area contributed by atoms with Crippen molar-refractivity contribution in [2.24, 2.45) is 0 Å². The molecule has 1 atom stereocenters. The highest BCUT2D eigenvalue weighted by Gasteiger charge is 2.19. The van der Waals surface area contributed by atoms with Gasteiger partial charge >= 0.3 is 0 Å². The molecule has 1 saturated heterocycles. The van der Waals surface area contributed by atoms with Crippen LogP contribution in [0.1, 0.15) is 23.2 Å². The topological polar surface area (TPSA) is 72.2 Å². The second kappa shape index (κ2) is 6.25. The van der Waals surface area contributed by atoms with Gasteiger partial charge in [-0.2, -0.15) is 11.8 Å². The zero-order chi connectivity index (χ0) is 13.8. The third-order valence-electron chi connectivity index (χ3n) is 2.90. The van der Waals surface area contributed by atoms with Crippen LogP contribution in [-0.2, 0) is 0 Å². The molecule has 0 radical (unpaired) electrons. The summed E-state index contributed by atoms with van der Waals surface area (Å²) in [5, 5.41) is 13.5. The molecule has 0 aromatic heterocycles. The van der Waals surface area contributed by atoms with E-state index in [-0.39, 0.29) is 22.7 Å². The Kier molecular flexibility index (Phi) is 4.66. The van der Waals surface area contributed by atoms with Gasteiger partial charge in [0.1, 0.15) is 5.02 Å². The fraction of sp³-hybridized carbons (Fsp3) is 0.417. The summed E-state index contributed by atoms with van der Waals surface area (Å²) in [5.41, 5.74) is 0.164. The van der Waals surface area contributed by atoms with Crippen molar-refractivity contribution in [2.45, 2.75) is 18.9 Å². The molecule has 1 heterocycles. The third kappa shape index (κ3) is 3.61. The lowest BCUT2D eigenvalue weighted by molar-refractivity contribution is -0.384. The number of amides is 1. The van der Waals surface area contributed by atoms with Gasteiger partial charge in [-0.3, -0.25) is 14.9 Å². The van der Waals surface area contributed by atoms with Gasteiger partial charge in [-0.05, 0) is 30.7 Å². The van der Waals surface area contributed by atoms with Crippen LogP contribution < -0.4 is 5.32 Å². The first kappa shape index (κ1) is 14.1. The fourth-order valence-electron chi connectivity index (χ4n) is 1.92. The highest BCUT2D eigenvalue weighted by atomic mass is 35.5. The Morgan fingerprint density at radius 1 is 1.53 bits per heavy atom. The molecule has 1 unspecified atom stereocenters. The maximum atomic E-state index is 12.0. The summed E-state index contributed by atoms with van der Waals surface area (Å²) in [4.78, 5) is 22.1. The van der Waals surface area contributed by atoms with Crippen LogP contribution in [0.4, 0.5) is 5.69 Å². The van der Waals surface area contributed by atoms with Crippen LogP contribution >= 0.6 is 23.4 Å². The van der Waals surface area contributed by atoms with Crippen molar-refractivity contribution >= 4 is 35.0 Å². The van der Waals surface area contributed by atoms with Crippen molar-refractivity contribution in [3.05, 3.63) is 38.9 Å². The summed E-state index contributed by atoms with van der Waals surface area (Å²) >= 11 is 7.61. The normalized spacial score (nSPS) is 18.9. The SMILES string of the molecule is O=C(NC1CCCSC1)c1ccc([N+](=O)[O-])c(Cl)c1. The molecule has 19 heavy (non-hydrogen) atoms. The van der Waals surface area contributed by atoms with Crippen LogP contribution in [0.25, 0.3) is 0 Å². The molecule has 0 aliphatic carbocycles.